The summed E-state index contributed by atoms with van der Waals surface area (Å²) in [6.45, 7) is 1.28. The van der Waals surface area contributed by atoms with Gasteiger partial charge >= 0.3 is 10.2 Å². The summed E-state index contributed by atoms with van der Waals surface area (Å²) in [7, 11) is -1.23. The fourth-order valence-electron chi connectivity index (χ4n) is 4.49. The molecule has 1 aliphatic heterocycles. The van der Waals surface area contributed by atoms with Crippen LogP contribution >= 0.6 is 0 Å². The third-order valence-electron chi connectivity index (χ3n) is 6.70. The summed E-state index contributed by atoms with van der Waals surface area (Å²) >= 11 is 0. The molecule has 0 atom stereocenters. The fraction of sp³-hybridized carbons (Fsp3) is 0.310. The monoisotopic (exact) mass is 552 g/mol. The first-order chi connectivity index (χ1) is 18.7. The molecule has 3 aromatic rings. The van der Waals surface area contributed by atoms with Gasteiger partial charge in [-0.2, -0.15) is 12.7 Å². The van der Waals surface area contributed by atoms with Gasteiger partial charge in [-0.25, -0.2) is 4.39 Å². The molecule has 0 radical (unpaired) electrons. The second-order valence-electron chi connectivity index (χ2n) is 9.65. The Balaban J connectivity index is 1.52. The van der Waals surface area contributed by atoms with Gasteiger partial charge in [-0.05, 0) is 54.8 Å². The first-order valence-electron chi connectivity index (χ1n) is 12.9. The number of halogens is 1. The van der Waals surface area contributed by atoms with E-state index in [-0.39, 0.29) is 18.1 Å². The van der Waals surface area contributed by atoms with E-state index in [4.69, 9.17) is 0 Å². The minimum atomic E-state index is -3.99. The lowest BCUT2D eigenvalue weighted by atomic mass is 10.1. The van der Waals surface area contributed by atoms with E-state index in [0.717, 1.165) is 34.3 Å². The smallest absolute Gasteiger partial charge is 0.303 e. The number of carbonyl (C=O) groups excluding carboxylic acids is 2. The topological polar surface area (TPSA) is 90.0 Å². The van der Waals surface area contributed by atoms with Gasteiger partial charge in [0, 0.05) is 32.7 Å². The first-order valence-corrected chi connectivity index (χ1v) is 14.3. The Hall–Kier alpha value is -3.76. The van der Waals surface area contributed by atoms with Crippen molar-refractivity contribution in [2.24, 2.45) is 0 Å². The van der Waals surface area contributed by atoms with E-state index in [1.165, 1.54) is 32.3 Å². The lowest BCUT2D eigenvalue weighted by Gasteiger charge is -2.27. The molecule has 10 heteroatoms. The summed E-state index contributed by atoms with van der Waals surface area (Å²) in [6, 6.07) is 19.0. The maximum Gasteiger partial charge on any atom is 0.303 e. The Kier molecular flexibility index (Phi) is 8.98. The van der Waals surface area contributed by atoms with E-state index in [1.807, 2.05) is 4.90 Å². The lowest BCUT2D eigenvalue weighted by molar-refractivity contribution is 0.0762. The Bertz CT molecular complexity index is 1420. The summed E-state index contributed by atoms with van der Waals surface area (Å²) in [4.78, 5) is 28.1. The Morgan fingerprint density at radius 1 is 0.872 bits per heavy atom. The molecule has 2 amide bonds. The van der Waals surface area contributed by atoms with Crippen LogP contribution in [-0.4, -0.2) is 56.6 Å². The summed E-state index contributed by atoms with van der Waals surface area (Å²) in [5, 5.41) is 2.85. The van der Waals surface area contributed by atoms with Crippen LogP contribution in [0, 0.1) is 5.82 Å². The first kappa shape index (κ1) is 28.3. The van der Waals surface area contributed by atoms with Crippen LogP contribution in [0.1, 0.15) is 52.0 Å². The van der Waals surface area contributed by atoms with E-state index in [1.54, 1.807) is 54.6 Å². The minimum Gasteiger partial charge on any atom is -0.339 e. The van der Waals surface area contributed by atoms with Gasteiger partial charge in [0.15, 0.2) is 0 Å². The molecule has 1 aliphatic rings. The maximum atomic E-state index is 14.5. The molecule has 3 aromatic carbocycles. The molecule has 0 unspecified atom stereocenters. The highest BCUT2D eigenvalue weighted by Crippen LogP contribution is 2.26. The third kappa shape index (κ3) is 6.63. The summed E-state index contributed by atoms with van der Waals surface area (Å²) in [6.07, 6.45) is 4.15. The van der Waals surface area contributed by atoms with Gasteiger partial charge in [0.1, 0.15) is 5.82 Å². The van der Waals surface area contributed by atoms with Gasteiger partial charge in [-0.3, -0.25) is 13.9 Å². The summed E-state index contributed by atoms with van der Waals surface area (Å²) in [5.41, 5.74) is 1.71. The molecular formula is C29H33FN4O4S. The molecular weight excluding hydrogens is 519 g/mol. The standard InChI is InChI=1S/C29H33FN4O4S/c1-32(2)39(37,38)34(27-14-8-6-12-25(27)30)21-22-15-17-23(18-16-22)28(35)31-26-13-7-5-11-24(26)29(36)33-19-9-3-4-10-20-33/h5-8,11-18H,3-4,9-10,19-21H2,1-2H3,(H,31,35). The van der Waals surface area contributed by atoms with Crippen molar-refractivity contribution < 1.29 is 22.4 Å². The van der Waals surface area contributed by atoms with Crippen molar-refractivity contribution in [1.82, 2.24) is 9.21 Å². The SMILES string of the molecule is CN(C)S(=O)(=O)N(Cc1ccc(C(=O)Nc2ccccc2C(=O)N2CCCCCC2)cc1)c1ccccc1F. The average Bonchev–Trinajstić information content (AvgIpc) is 3.22. The number of rotatable bonds is 8. The number of nitrogens with one attached hydrogen (secondary N) is 1. The van der Waals surface area contributed by atoms with Gasteiger partial charge < -0.3 is 10.2 Å². The summed E-state index contributed by atoms with van der Waals surface area (Å²) in [5.74, 6) is -1.16. The van der Waals surface area contributed by atoms with Gasteiger partial charge in [0.25, 0.3) is 11.8 Å². The highest BCUT2D eigenvalue weighted by Gasteiger charge is 2.27. The zero-order valence-corrected chi connectivity index (χ0v) is 23.0. The lowest BCUT2D eigenvalue weighted by Crippen LogP contribution is -2.40. The second kappa shape index (κ2) is 12.4. The number of hydrogen-bond acceptors (Lipinski definition) is 4. The van der Waals surface area contributed by atoms with E-state index in [0.29, 0.717) is 35.5 Å². The molecule has 1 saturated heterocycles. The van der Waals surface area contributed by atoms with Crippen molar-refractivity contribution in [2.75, 3.05) is 36.8 Å². The molecule has 1 fully saturated rings. The number of anilines is 2. The van der Waals surface area contributed by atoms with Crippen molar-refractivity contribution in [3.05, 3.63) is 95.3 Å². The number of amides is 2. The molecule has 4 rings (SSSR count). The van der Waals surface area contributed by atoms with Crippen LogP contribution in [0.2, 0.25) is 0 Å². The Labute approximate surface area is 229 Å². The second-order valence-corrected chi connectivity index (χ2v) is 11.7. The zero-order valence-electron chi connectivity index (χ0n) is 22.1. The van der Waals surface area contributed by atoms with Crippen LogP contribution in [0.4, 0.5) is 15.8 Å². The number of hydrogen-bond donors (Lipinski definition) is 1. The minimum absolute atomic E-state index is 0.0706. The molecule has 8 nitrogen and oxygen atoms in total. The number of para-hydroxylation sites is 2. The normalized spacial score (nSPS) is 14.1. The Morgan fingerprint density at radius 3 is 2.13 bits per heavy atom. The van der Waals surface area contributed by atoms with Crippen molar-refractivity contribution in [1.29, 1.82) is 0 Å². The van der Waals surface area contributed by atoms with Gasteiger partial charge in [0.05, 0.1) is 23.5 Å². The van der Waals surface area contributed by atoms with Gasteiger partial charge in [-0.15, -0.1) is 0 Å². The van der Waals surface area contributed by atoms with Gasteiger partial charge in [-0.1, -0.05) is 49.2 Å². The molecule has 1 heterocycles. The third-order valence-corrected chi connectivity index (χ3v) is 8.51. The fourth-order valence-corrected chi connectivity index (χ4v) is 5.59. The molecule has 0 aromatic heterocycles. The zero-order chi connectivity index (χ0) is 28.0. The van der Waals surface area contributed by atoms with Crippen LogP contribution in [0.25, 0.3) is 0 Å². The quantitative estimate of drug-likeness (QED) is 0.430. The largest absolute Gasteiger partial charge is 0.339 e. The van der Waals surface area contributed by atoms with Crippen LogP contribution in [-0.2, 0) is 16.8 Å². The van der Waals surface area contributed by atoms with E-state index < -0.39 is 21.9 Å². The highest BCUT2D eigenvalue weighted by molar-refractivity contribution is 7.90. The number of benzene rings is 3. The van der Waals surface area contributed by atoms with Crippen molar-refractivity contribution in [2.45, 2.75) is 32.2 Å². The average molecular weight is 553 g/mol. The molecule has 0 aliphatic carbocycles. The van der Waals surface area contributed by atoms with E-state index >= 15 is 0 Å². The van der Waals surface area contributed by atoms with E-state index in [2.05, 4.69) is 5.32 Å². The van der Waals surface area contributed by atoms with Crippen molar-refractivity contribution in [3.8, 4) is 0 Å². The predicted molar refractivity (Wildman–Crippen MR) is 150 cm³/mol. The van der Waals surface area contributed by atoms with Gasteiger partial charge in [0.2, 0.25) is 0 Å². The van der Waals surface area contributed by atoms with Crippen molar-refractivity contribution in [3.63, 3.8) is 0 Å². The molecule has 0 spiro atoms. The van der Waals surface area contributed by atoms with Crippen LogP contribution < -0.4 is 9.62 Å². The highest BCUT2D eigenvalue weighted by atomic mass is 32.2. The molecule has 0 bridgehead atoms. The molecule has 39 heavy (non-hydrogen) atoms. The molecule has 206 valence electrons. The van der Waals surface area contributed by atoms with Crippen LogP contribution in [0.5, 0.6) is 0 Å². The maximum absolute atomic E-state index is 14.5. The van der Waals surface area contributed by atoms with Crippen LogP contribution in [0.15, 0.2) is 72.8 Å². The molecule has 0 saturated carbocycles. The predicted octanol–water partition coefficient (Wildman–Crippen LogP) is 4.91. The Morgan fingerprint density at radius 2 is 1.49 bits per heavy atom. The number of nitrogens with zero attached hydrogens (tertiary/aromatic N) is 3. The number of carbonyl (C=O) groups is 2. The van der Waals surface area contributed by atoms with E-state index in [9.17, 15) is 22.4 Å². The number of likely N-dealkylation sites (tertiary alicyclic amines) is 1. The molecule has 1 N–H and O–H groups in total. The van der Waals surface area contributed by atoms with Crippen LogP contribution in [0.3, 0.4) is 0 Å². The summed E-state index contributed by atoms with van der Waals surface area (Å²) < 4.78 is 42.5. The van der Waals surface area contributed by atoms with Crippen molar-refractivity contribution >= 4 is 33.4 Å².